The van der Waals surface area contributed by atoms with Gasteiger partial charge in [0.2, 0.25) is 0 Å². The van der Waals surface area contributed by atoms with E-state index >= 15 is 0 Å². The molecule has 2 atom stereocenters. The number of esters is 1. The van der Waals surface area contributed by atoms with Crippen LogP contribution in [0.3, 0.4) is 0 Å². The largest absolute Gasteiger partial charge is 0.493 e. The van der Waals surface area contributed by atoms with Gasteiger partial charge in [-0.15, -0.1) is 0 Å². The molecule has 0 spiro atoms. The van der Waals surface area contributed by atoms with E-state index in [2.05, 4.69) is 16.4 Å². The van der Waals surface area contributed by atoms with Gasteiger partial charge in [-0.1, -0.05) is 30.3 Å². The van der Waals surface area contributed by atoms with E-state index < -0.39 is 6.04 Å². The summed E-state index contributed by atoms with van der Waals surface area (Å²) in [5, 5.41) is 4.42. The van der Waals surface area contributed by atoms with E-state index in [1.165, 1.54) is 7.11 Å². The summed E-state index contributed by atoms with van der Waals surface area (Å²) in [6, 6.07) is 13.6. The summed E-state index contributed by atoms with van der Waals surface area (Å²) >= 11 is 0. The molecule has 0 unspecified atom stereocenters. The molecule has 0 bridgehead atoms. The fourth-order valence-electron chi connectivity index (χ4n) is 3.51. The molecular formula is C22H26N2O4. The molecule has 6 nitrogen and oxygen atoms in total. The predicted octanol–water partition coefficient (Wildman–Crippen LogP) is 3.47. The Morgan fingerprint density at radius 1 is 1.04 bits per heavy atom. The minimum Gasteiger partial charge on any atom is -0.493 e. The average Bonchev–Trinajstić information content (AvgIpc) is 3.16. The number of hydrogen-bond donors (Lipinski definition) is 2. The first-order valence-corrected chi connectivity index (χ1v) is 9.18. The minimum absolute atomic E-state index is 0.0618. The number of hydrogen-bond acceptors (Lipinski definition) is 5. The Bertz CT molecular complexity index is 951. The smallest absolute Gasteiger partial charge is 0.322 e. The number of H-pyrrole nitrogens is 1. The second-order valence-corrected chi connectivity index (χ2v) is 6.58. The second-order valence-electron chi connectivity index (χ2n) is 6.58. The summed E-state index contributed by atoms with van der Waals surface area (Å²) < 4.78 is 16.0. The third-order valence-corrected chi connectivity index (χ3v) is 4.99. The van der Waals surface area contributed by atoms with Crippen LogP contribution in [-0.4, -0.2) is 44.9 Å². The molecule has 28 heavy (non-hydrogen) atoms. The highest BCUT2D eigenvalue weighted by Gasteiger charge is 2.25. The molecule has 1 aromatic heterocycles. The lowest BCUT2D eigenvalue weighted by Gasteiger charge is -2.23. The maximum absolute atomic E-state index is 11.8. The number of benzene rings is 2. The van der Waals surface area contributed by atoms with E-state index in [0.29, 0.717) is 18.0 Å². The van der Waals surface area contributed by atoms with Gasteiger partial charge in [-0.05, 0) is 24.6 Å². The van der Waals surface area contributed by atoms with Crippen LogP contribution in [-0.2, 0) is 9.53 Å². The predicted molar refractivity (Wildman–Crippen MR) is 109 cm³/mol. The van der Waals surface area contributed by atoms with Crippen molar-refractivity contribution >= 4 is 16.9 Å². The van der Waals surface area contributed by atoms with Crippen LogP contribution in [0.1, 0.15) is 24.0 Å². The highest BCUT2D eigenvalue weighted by Crippen LogP contribution is 2.40. The Balaban J connectivity index is 2.06. The molecule has 3 aromatic rings. The summed E-state index contributed by atoms with van der Waals surface area (Å²) in [6.45, 7) is 2.32. The summed E-state index contributed by atoms with van der Waals surface area (Å²) in [7, 11) is 4.65. The van der Waals surface area contributed by atoms with Crippen molar-refractivity contribution in [3.05, 3.63) is 59.8 Å². The molecule has 148 valence electrons. The summed E-state index contributed by atoms with van der Waals surface area (Å²) in [4.78, 5) is 15.2. The van der Waals surface area contributed by atoms with Gasteiger partial charge in [0, 0.05) is 35.1 Å². The van der Waals surface area contributed by atoms with Gasteiger partial charge in [0.15, 0.2) is 11.5 Å². The second kappa shape index (κ2) is 8.80. The van der Waals surface area contributed by atoms with Crippen LogP contribution in [0, 0.1) is 0 Å². The quantitative estimate of drug-likeness (QED) is 0.584. The lowest BCUT2D eigenvalue weighted by atomic mass is 9.89. The fourth-order valence-corrected chi connectivity index (χ4v) is 3.51. The van der Waals surface area contributed by atoms with Gasteiger partial charge < -0.3 is 24.5 Å². The number of fused-ring (bicyclic) bond motifs is 1. The number of rotatable bonds is 8. The van der Waals surface area contributed by atoms with Crippen LogP contribution in [0.2, 0.25) is 0 Å². The summed E-state index contributed by atoms with van der Waals surface area (Å²) in [5.41, 5.74) is 3.16. The number of nitrogens with one attached hydrogen (secondary N) is 2. The Morgan fingerprint density at radius 3 is 2.54 bits per heavy atom. The zero-order valence-corrected chi connectivity index (χ0v) is 16.6. The van der Waals surface area contributed by atoms with Crippen LogP contribution in [0.15, 0.2) is 48.7 Å². The lowest BCUT2D eigenvalue weighted by Crippen LogP contribution is -2.37. The van der Waals surface area contributed by atoms with Crippen molar-refractivity contribution < 1.29 is 19.0 Å². The van der Waals surface area contributed by atoms with Gasteiger partial charge in [0.1, 0.15) is 6.04 Å². The number of aromatic nitrogens is 1. The van der Waals surface area contributed by atoms with Crippen LogP contribution in [0.5, 0.6) is 11.5 Å². The van der Waals surface area contributed by atoms with E-state index in [4.69, 9.17) is 14.2 Å². The topological polar surface area (TPSA) is 72.6 Å². The molecule has 6 heteroatoms. The van der Waals surface area contributed by atoms with Crippen LogP contribution in [0.25, 0.3) is 10.9 Å². The van der Waals surface area contributed by atoms with Gasteiger partial charge in [0.05, 0.1) is 21.3 Å². The highest BCUT2D eigenvalue weighted by atomic mass is 16.5. The number of aromatic amines is 1. The van der Waals surface area contributed by atoms with Gasteiger partial charge in [-0.3, -0.25) is 4.79 Å². The minimum atomic E-state index is -0.422. The Labute approximate surface area is 164 Å². The number of methoxy groups -OCH3 is 3. The van der Waals surface area contributed by atoms with Gasteiger partial charge in [-0.2, -0.15) is 0 Å². The van der Waals surface area contributed by atoms with Crippen molar-refractivity contribution in [2.45, 2.75) is 18.9 Å². The van der Waals surface area contributed by atoms with Crippen LogP contribution in [0.4, 0.5) is 0 Å². The normalized spacial score (nSPS) is 13.1. The van der Waals surface area contributed by atoms with E-state index in [-0.39, 0.29) is 11.9 Å². The molecule has 0 saturated heterocycles. The third-order valence-electron chi connectivity index (χ3n) is 4.99. The molecule has 2 aromatic carbocycles. The first kappa shape index (κ1) is 19.8. The highest BCUT2D eigenvalue weighted by molar-refractivity contribution is 5.84. The first-order chi connectivity index (χ1) is 13.6. The molecule has 2 N–H and O–H groups in total. The average molecular weight is 382 g/mol. The first-order valence-electron chi connectivity index (χ1n) is 9.18. The maximum atomic E-state index is 11.8. The van der Waals surface area contributed by atoms with Crippen LogP contribution < -0.4 is 14.8 Å². The molecule has 0 fully saturated rings. The zero-order chi connectivity index (χ0) is 20.1. The Kier molecular flexibility index (Phi) is 6.21. The molecule has 0 aliphatic rings. The summed E-state index contributed by atoms with van der Waals surface area (Å²) in [6.07, 6.45) is 2.01. The van der Waals surface area contributed by atoms with Crippen molar-refractivity contribution in [3.8, 4) is 11.5 Å². The Morgan fingerprint density at radius 2 is 1.82 bits per heavy atom. The molecule has 0 aliphatic carbocycles. The molecular weight excluding hydrogens is 356 g/mol. The van der Waals surface area contributed by atoms with Crippen molar-refractivity contribution in [1.29, 1.82) is 0 Å². The zero-order valence-electron chi connectivity index (χ0n) is 16.6. The van der Waals surface area contributed by atoms with Gasteiger partial charge in [0.25, 0.3) is 0 Å². The number of carbonyl (C=O) groups is 1. The monoisotopic (exact) mass is 382 g/mol. The summed E-state index contributed by atoms with van der Waals surface area (Å²) in [5.74, 6) is 1.00. The maximum Gasteiger partial charge on any atom is 0.322 e. The standard InChI is InChI=1S/C22H26N2O4/c1-14(22(25)28-4)23-12-18(16-9-7-11-20(26-2)21(16)27-3)17-13-24-19-10-6-5-8-15(17)19/h5-11,13-14,18,23-24H,12H2,1-4H3/t14-,18+/m1/s1. The lowest BCUT2D eigenvalue weighted by molar-refractivity contribution is -0.142. The van der Waals surface area contributed by atoms with Crippen LogP contribution >= 0.6 is 0 Å². The van der Waals surface area contributed by atoms with Crippen molar-refractivity contribution in [3.63, 3.8) is 0 Å². The molecule has 1 heterocycles. The SMILES string of the molecule is COC(=O)[C@@H](C)NC[C@@H](c1cccc(OC)c1OC)c1c[nH]c2ccccc12. The fraction of sp³-hybridized carbons (Fsp3) is 0.318. The van der Waals surface area contributed by atoms with E-state index in [9.17, 15) is 4.79 Å². The van der Waals surface area contributed by atoms with E-state index in [0.717, 1.165) is 22.0 Å². The molecule has 0 amide bonds. The number of ether oxygens (including phenoxy) is 3. The van der Waals surface area contributed by atoms with E-state index in [1.54, 1.807) is 21.1 Å². The molecule has 0 aliphatic heterocycles. The molecule has 0 saturated carbocycles. The van der Waals surface area contributed by atoms with E-state index in [1.807, 2.05) is 42.6 Å². The van der Waals surface area contributed by atoms with Crippen molar-refractivity contribution in [2.24, 2.45) is 0 Å². The number of para-hydroxylation sites is 2. The number of carbonyl (C=O) groups excluding carboxylic acids is 1. The van der Waals surface area contributed by atoms with Crippen molar-refractivity contribution in [2.75, 3.05) is 27.9 Å². The van der Waals surface area contributed by atoms with Crippen molar-refractivity contribution in [1.82, 2.24) is 10.3 Å². The molecule has 0 radical (unpaired) electrons. The van der Waals surface area contributed by atoms with Gasteiger partial charge in [-0.25, -0.2) is 0 Å². The molecule has 3 rings (SSSR count). The van der Waals surface area contributed by atoms with Gasteiger partial charge >= 0.3 is 5.97 Å². The Hall–Kier alpha value is -2.99. The third kappa shape index (κ3) is 3.82.